The lowest BCUT2D eigenvalue weighted by molar-refractivity contribution is 0.0157. The number of piperazine rings is 1. The number of hydrogen-bond donors (Lipinski definition) is 1. The number of nitrogens with two attached hydrogens (primary N) is 1. The highest BCUT2D eigenvalue weighted by Crippen LogP contribution is 2.38. The van der Waals surface area contributed by atoms with Crippen molar-refractivity contribution in [2.45, 2.75) is 62.3 Å². The van der Waals surface area contributed by atoms with E-state index in [1.54, 1.807) is 0 Å². The van der Waals surface area contributed by atoms with E-state index < -0.39 is 0 Å². The van der Waals surface area contributed by atoms with Gasteiger partial charge >= 0.3 is 0 Å². The fraction of sp³-hybridized carbons (Fsp3) is 1.00. The van der Waals surface area contributed by atoms with E-state index in [-0.39, 0.29) is 5.54 Å². The molecule has 1 saturated carbocycles. The Morgan fingerprint density at radius 2 is 1.80 bits per heavy atom. The summed E-state index contributed by atoms with van der Waals surface area (Å²) < 4.78 is 0. The molecule has 0 spiro atoms. The molecule has 2 heterocycles. The molecule has 20 heavy (non-hydrogen) atoms. The first kappa shape index (κ1) is 15.1. The van der Waals surface area contributed by atoms with E-state index in [0.29, 0.717) is 5.25 Å². The van der Waals surface area contributed by atoms with Crippen LogP contribution in [0.1, 0.15) is 45.4 Å². The van der Waals surface area contributed by atoms with Crippen LogP contribution in [0.3, 0.4) is 0 Å². The molecule has 3 fully saturated rings. The highest BCUT2D eigenvalue weighted by atomic mass is 32.2. The minimum Gasteiger partial charge on any atom is -0.329 e. The van der Waals surface area contributed by atoms with Crippen molar-refractivity contribution in [3.63, 3.8) is 0 Å². The van der Waals surface area contributed by atoms with Crippen LogP contribution in [0.25, 0.3) is 0 Å². The van der Waals surface area contributed by atoms with Crippen LogP contribution < -0.4 is 5.73 Å². The van der Waals surface area contributed by atoms with Crippen molar-refractivity contribution in [1.82, 2.24) is 9.80 Å². The predicted octanol–water partition coefficient (Wildman–Crippen LogP) is 2.16. The third kappa shape index (κ3) is 2.77. The van der Waals surface area contributed by atoms with Crippen molar-refractivity contribution >= 4 is 11.8 Å². The molecule has 0 radical (unpaired) electrons. The highest BCUT2D eigenvalue weighted by molar-refractivity contribution is 8.00. The van der Waals surface area contributed by atoms with E-state index in [2.05, 4.69) is 28.5 Å². The monoisotopic (exact) mass is 297 g/mol. The molecule has 0 amide bonds. The van der Waals surface area contributed by atoms with Gasteiger partial charge in [0, 0.05) is 49.6 Å². The third-order valence-electron chi connectivity index (χ3n) is 6.02. The standard InChI is InChI=1S/C16H31N3S/c1-14-16(13-17,7-4-12-20-14)19-10-8-18(9-11-19)15-5-2-3-6-15/h14-15H,2-13,17H2,1H3. The molecule has 3 aliphatic rings. The molecule has 0 aromatic heterocycles. The quantitative estimate of drug-likeness (QED) is 0.865. The van der Waals surface area contributed by atoms with Gasteiger partial charge in [-0.25, -0.2) is 0 Å². The summed E-state index contributed by atoms with van der Waals surface area (Å²) in [6.07, 6.45) is 8.43. The summed E-state index contributed by atoms with van der Waals surface area (Å²) >= 11 is 2.13. The van der Waals surface area contributed by atoms with Gasteiger partial charge < -0.3 is 5.73 Å². The van der Waals surface area contributed by atoms with Crippen molar-refractivity contribution in [2.75, 3.05) is 38.5 Å². The Balaban J connectivity index is 1.60. The fourth-order valence-electron chi connectivity index (χ4n) is 4.61. The zero-order valence-electron chi connectivity index (χ0n) is 13.0. The van der Waals surface area contributed by atoms with E-state index in [4.69, 9.17) is 5.73 Å². The summed E-state index contributed by atoms with van der Waals surface area (Å²) in [6.45, 7) is 8.25. The van der Waals surface area contributed by atoms with Crippen LogP contribution in [0, 0.1) is 0 Å². The van der Waals surface area contributed by atoms with Gasteiger partial charge in [-0.15, -0.1) is 0 Å². The molecular weight excluding hydrogens is 266 g/mol. The lowest BCUT2D eigenvalue weighted by Crippen LogP contribution is -2.65. The number of hydrogen-bond acceptors (Lipinski definition) is 4. The van der Waals surface area contributed by atoms with Crippen molar-refractivity contribution in [2.24, 2.45) is 5.73 Å². The Bertz CT molecular complexity index is 311. The minimum atomic E-state index is 0.282. The van der Waals surface area contributed by atoms with E-state index >= 15 is 0 Å². The molecule has 2 aliphatic heterocycles. The van der Waals surface area contributed by atoms with Crippen LogP contribution >= 0.6 is 11.8 Å². The van der Waals surface area contributed by atoms with E-state index in [0.717, 1.165) is 12.6 Å². The van der Waals surface area contributed by atoms with Gasteiger partial charge in [-0.3, -0.25) is 9.80 Å². The topological polar surface area (TPSA) is 32.5 Å². The third-order valence-corrected chi connectivity index (χ3v) is 7.48. The second-order valence-electron chi connectivity index (χ2n) is 6.89. The molecule has 0 aromatic carbocycles. The Morgan fingerprint density at radius 1 is 1.10 bits per heavy atom. The van der Waals surface area contributed by atoms with Gasteiger partial charge in [0.2, 0.25) is 0 Å². The van der Waals surface area contributed by atoms with Crippen molar-refractivity contribution in [3.8, 4) is 0 Å². The Morgan fingerprint density at radius 3 is 2.40 bits per heavy atom. The number of nitrogens with zero attached hydrogens (tertiary/aromatic N) is 2. The number of rotatable bonds is 3. The van der Waals surface area contributed by atoms with Gasteiger partial charge in [0.15, 0.2) is 0 Å². The Hall–Kier alpha value is 0.230. The van der Waals surface area contributed by atoms with Crippen LogP contribution in [0.5, 0.6) is 0 Å². The van der Waals surface area contributed by atoms with Crippen LogP contribution in [-0.2, 0) is 0 Å². The first-order chi connectivity index (χ1) is 9.76. The van der Waals surface area contributed by atoms with Crippen molar-refractivity contribution in [3.05, 3.63) is 0 Å². The Labute approximate surface area is 128 Å². The lowest BCUT2D eigenvalue weighted by atomic mass is 9.86. The van der Waals surface area contributed by atoms with Crippen molar-refractivity contribution < 1.29 is 0 Å². The molecule has 2 unspecified atom stereocenters. The highest BCUT2D eigenvalue weighted by Gasteiger charge is 2.44. The maximum absolute atomic E-state index is 6.25. The molecule has 1 aliphatic carbocycles. The second-order valence-corrected chi connectivity index (χ2v) is 8.33. The van der Waals surface area contributed by atoms with E-state index in [1.165, 1.54) is 70.5 Å². The summed E-state index contributed by atoms with van der Waals surface area (Å²) in [5, 5.41) is 0.694. The molecule has 2 saturated heterocycles. The van der Waals surface area contributed by atoms with Crippen LogP contribution in [0.2, 0.25) is 0 Å². The molecule has 0 bridgehead atoms. The minimum absolute atomic E-state index is 0.282. The van der Waals surface area contributed by atoms with Gasteiger partial charge in [0.1, 0.15) is 0 Å². The summed E-state index contributed by atoms with van der Waals surface area (Å²) in [4.78, 5) is 5.50. The lowest BCUT2D eigenvalue weighted by Gasteiger charge is -2.53. The first-order valence-corrected chi connectivity index (χ1v) is 9.62. The van der Waals surface area contributed by atoms with Gasteiger partial charge in [0.25, 0.3) is 0 Å². The second kappa shape index (κ2) is 6.55. The Kier molecular flexibility index (Phi) is 4.96. The van der Waals surface area contributed by atoms with Crippen LogP contribution in [0.4, 0.5) is 0 Å². The average Bonchev–Trinajstić information content (AvgIpc) is 3.03. The van der Waals surface area contributed by atoms with Gasteiger partial charge in [-0.2, -0.15) is 11.8 Å². The maximum Gasteiger partial charge on any atom is 0.0448 e. The zero-order valence-corrected chi connectivity index (χ0v) is 13.8. The SMILES string of the molecule is CC1SCCCC1(CN)N1CCN(C2CCCC2)CC1. The average molecular weight is 298 g/mol. The largest absolute Gasteiger partial charge is 0.329 e. The molecular formula is C16H31N3S. The van der Waals surface area contributed by atoms with E-state index in [1.807, 2.05) is 0 Å². The summed E-state index contributed by atoms with van der Waals surface area (Å²) in [5.41, 5.74) is 6.53. The zero-order chi connectivity index (χ0) is 14.0. The summed E-state index contributed by atoms with van der Waals surface area (Å²) in [5.74, 6) is 1.32. The van der Waals surface area contributed by atoms with Crippen LogP contribution in [-0.4, -0.2) is 65.1 Å². The fourth-order valence-corrected chi connectivity index (χ4v) is 5.95. The van der Waals surface area contributed by atoms with Gasteiger partial charge in [-0.1, -0.05) is 19.8 Å². The predicted molar refractivity (Wildman–Crippen MR) is 88.3 cm³/mol. The molecule has 3 nitrogen and oxygen atoms in total. The molecule has 2 N–H and O–H groups in total. The molecule has 4 heteroatoms. The molecule has 0 aromatic rings. The van der Waals surface area contributed by atoms with Gasteiger partial charge in [0.05, 0.1) is 0 Å². The summed E-state index contributed by atoms with van der Waals surface area (Å²) in [6, 6.07) is 0.893. The smallest absolute Gasteiger partial charge is 0.0448 e. The summed E-state index contributed by atoms with van der Waals surface area (Å²) in [7, 11) is 0. The molecule has 2 atom stereocenters. The van der Waals surface area contributed by atoms with Crippen molar-refractivity contribution in [1.29, 1.82) is 0 Å². The van der Waals surface area contributed by atoms with Crippen LogP contribution in [0.15, 0.2) is 0 Å². The first-order valence-electron chi connectivity index (χ1n) is 8.57. The molecule has 3 rings (SSSR count). The molecule has 116 valence electrons. The van der Waals surface area contributed by atoms with Gasteiger partial charge in [-0.05, 0) is 31.4 Å². The number of thioether (sulfide) groups is 1. The normalized spacial score (nSPS) is 38.4. The maximum atomic E-state index is 6.25. The van der Waals surface area contributed by atoms with E-state index in [9.17, 15) is 0 Å².